The Labute approximate surface area is 237 Å². The number of hydrogen-bond donors (Lipinski definition) is 2. The van der Waals surface area contributed by atoms with Gasteiger partial charge in [-0.1, -0.05) is 29.3 Å². The van der Waals surface area contributed by atoms with Gasteiger partial charge < -0.3 is 15.3 Å². The maximum atomic E-state index is 11.3. The number of thiophene rings is 1. The number of piperidine rings is 1. The van der Waals surface area contributed by atoms with E-state index in [1.807, 2.05) is 12.1 Å². The molecule has 7 nitrogen and oxygen atoms in total. The molecular formula is C28H33Cl2N5O2S. The number of aromatic nitrogens is 2. The Morgan fingerprint density at radius 1 is 1.18 bits per heavy atom. The first-order valence-corrected chi connectivity index (χ1v) is 15.0. The lowest BCUT2D eigenvalue weighted by molar-refractivity contribution is -0.152. The second kappa shape index (κ2) is 10.1. The molecule has 2 aromatic heterocycles. The summed E-state index contributed by atoms with van der Waals surface area (Å²) in [7, 11) is 0. The van der Waals surface area contributed by atoms with Crippen LogP contribution in [0.1, 0.15) is 51.1 Å². The summed E-state index contributed by atoms with van der Waals surface area (Å²) in [6, 6.07) is 7.59. The minimum absolute atomic E-state index is 0.0428. The van der Waals surface area contributed by atoms with Gasteiger partial charge in [0.15, 0.2) is 0 Å². The van der Waals surface area contributed by atoms with Gasteiger partial charge in [0.25, 0.3) is 0 Å². The molecule has 0 amide bonds. The van der Waals surface area contributed by atoms with Crippen LogP contribution in [0.2, 0.25) is 10.0 Å². The molecule has 3 fully saturated rings. The normalized spacial score (nSPS) is 27.1. The van der Waals surface area contributed by atoms with Gasteiger partial charge in [0.2, 0.25) is 5.95 Å². The van der Waals surface area contributed by atoms with E-state index in [4.69, 9.17) is 33.2 Å². The van der Waals surface area contributed by atoms with Crippen LogP contribution < -0.4 is 10.2 Å². The summed E-state index contributed by atoms with van der Waals surface area (Å²) in [6.07, 6.45) is 3.97. The minimum Gasteiger partial charge on any atom is -0.481 e. The zero-order valence-corrected chi connectivity index (χ0v) is 24.0. The van der Waals surface area contributed by atoms with Crippen molar-refractivity contribution in [2.45, 2.75) is 51.1 Å². The number of nitrogens with zero attached hydrogens (tertiary/aromatic N) is 4. The molecule has 2 aliphatic heterocycles. The number of anilines is 2. The first-order chi connectivity index (χ1) is 18.2. The van der Waals surface area contributed by atoms with Crippen molar-refractivity contribution in [1.82, 2.24) is 14.9 Å². The standard InChI is InChI=1S/C28H33Cl2N5O2S/c1-16(21-6-5-20(29)10-22(21)30)31-25-24-23(7-9-38-24)32-27(33-25)34-13-19(14-34)17-4-3-8-35(15-17)28(2)11-18(12-28)26(36)37/h5-7,9-10,16-19H,3-4,8,11-15H2,1-2H3,(H,36,37)(H,31,32,33). The van der Waals surface area contributed by atoms with Crippen molar-refractivity contribution in [3.63, 3.8) is 0 Å². The molecule has 1 saturated carbocycles. The van der Waals surface area contributed by atoms with Crippen LogP contribution >= 0.6 is 34.5 Å². The van der Waals surface area contributed by atoms with Crippen molar-refractivity contribution in [1.29, 1.82) is 0 Å². The lowest BCUT2D eigenvalue weighted by Crippen LogP contribution is -2.61. The SMILES string of the molecule is CC(Nc1nc(N2CC(C3CCCN(C4(C)CC(C(=O)O)C4)C3)C2)nc2ccsc12)c1ccc(Cl)cc1Cl. The van der Waals surface area contributed by atoms with Crippen molar-refractivity contribution >= 4 is 62.5 Å². The number of hydrogen-bond acceptors (Lipinski definition) is 7. The molecule has 3 aromatic rings. The Morgan fingerprint density at radius 2 is 1.97 bits per heavy atom. The quantitative estimate of drug-likeness (QED) is 0.330. The van der Waals surface area contributed by atoms with E-state index in [0.29, 0.717) is 21.9 Å². The molecule has 2 N–H and O–H groups in total. The predicted octanol–water partition coefficient (Wildman–Crippen LogP) is 6.57. The highest BCUT2D eigenvalue weighted by Gasteiger charge is 2.49. The monoisotopic (exact) mass is 573 g/mol. The molecule has 3 aliphatic rings. The molecule has 6 rings (SSSR count). The number of rotatable bonds is 7. The molecular weight excluding hydrogens is 541 g/mol. The van der Waals surface area contributed by atoms with E-state index in [1.54, 1.807) is 17.4 Å². The number of carboxylic acids is 1. The number of benzene rings is 1. The van der Waals surface area contributed by atoms with E-state index < -0.39 is 5.97 Å². The summed E-state index contributed by atoms with van der Waals surface area (Å²) >= 11 is 14.2. The predicted molar refractivity (Wildman–Crippen MR) is 155 cm³/mol. The fraction of sp³-hybridized carbons (Fsp3) is 0.536. The molecule has 0 radical (unpaired) electrons. The molecule has 202 valence electrons. The smallest absolute Gasteiger partial charge is 0.306 e. The van der Waals surface area contributed by atoms with E-state index in [-0.39, 0.29) is 17.5 Å². The Balaban J connectivity index is 1.13. The fourth-order valence-electron chi connectivity index (χ4n) is 6.52. The maximum Gasteiger partial charge on any atom is 0.306 e. The van der Waals surface area contributed by atoms with Gasteiger partial charge in [0.05, 0.1) is 22.2 Å². The molecule has 2 saturated heterocycles. The second-order valence-electron chi connectivity index (χ2n) is 11.5. The first-order valence-electron chi connectivity index (χ1n) is 13.4. The summed E-state index contributed by atoms with van der Waals surface area (Å²) in [5, 5.41) is 16.2. The zero-order valence-electron chi connectivity index (χ0n) is 21.7. The van der Waals surface area contributed by atoms with E-state index >= 15 is 0 Å². The van der Waals surface area contributed by atoms with Crippen LogP contribution in [0.15, 0.2) is 29.6 Å². The largest absolute Gasteiger partial charge is 0.481 e. The zero-order chi connectivity index (χ0) is 26.6. The molecule has 0 bridgehead atoms. The number of likely N-dealkylation sites (tertiary alicyclic amines) is 1. The third kappa shape index (κ3) is 4.85. The van der Waals surface area contributed by atoms with Gasteiger partial charge in [-0.2, -0.15) is 4.98 Å². The van der Waals surface area contributed by atoms with Gasteiger partial charge in [-0.15, -0.1) is 11.3 Å². The van der Waals surface area contributed by atoms with Crippen LogP contribution in [0.5, 0.6) is 0 Å². The summed E-state index contributed by atoms with van der Waals surface area (Å²) in [5.74, 6) is 2.03. The van der Waals surface area contributed by atoms with E-state index in [0.717, 1.165) is 66.6 Å². The average Bonchev–Trinajstić information content (AvgIpc) is 3.30. The third-order valence-corrected chi connectivity index (χ3v) is 10.3. The highest BCUT2D eigenvalue weighted by Crippen LogP contribution is 2.45. The molecule has 4 heterocycles. The van der Waals surface area contributed by atoms with Crippen molar-refractivity contribution < 1.29 is 9.90 Å². The second-order valence-corrected chi connectivity index (χ2v) is 13.3. The topological polar surface area (TPSA) is 81.6 Å². The first kappa shape index (κ1) is 26.1. The van der Waals surface area contributed by atoms with Gasteiger partial charge in [-0.05, 0) is 87.1 Å². The maximum absolute atomic E-state index is 11.3. The van der Waals surface area contributed by atoms with Crippen molar-refractivity contribution in [3.05, 3.63) is 45.3 Å². The van der Waals surface area contributed by atoms with E-state index in [1.165, 1.54) is 12.8 Å². The number of carboxylic acid groups (broad SMARTS) is 1. The molecule has 1 aliphatic carbocycles. The Bertz CT molecular complexity index is 1350. The fourth-order valence-corrected chi connectivity index (χ4v) is 7.88. The Morgan fingerprint density at radius 3 is 2.71 bits per heavy atom. The number of fused-ring (bicyclic) bond motifs is 1. The minimum atomic E-state index is -0.646. The molecule has 1 aromatic carbocycles. The number of nitrogens with one attached hydrogen (secondary N) is 1. The molecule has 2 atom stereocenters. The Hall–Kier alpha value is -2.13. The summed E-state index contributed by atoms with van der Waals surface area (Å²) < 4.78 is 1.04. The van der Waals surface area contributed by atoms with Gasteiger partial charge in [-0.3, -0.25) is 9.69 Å². The van der Waals surface area contributed by atoms with Crippen molar-refractivity contribution in [2.75, 3.05) is 36.4 Å². The summed E-state index contributed by atoms with van der Waals surface area (Å²) in [6.45, 7) is 8.39. The number of carbonyl (C=O) groups is 1. The van der Waals surface area contributed by atoms with Crippen LogP contribution in [-0.4, -0.2) is 57.7 Å². The lowest BCUT2D eigenvalue weighted by atomic mass is 9.67. The van der Waals surface area contributed by atoms with Crippen molar-refractivity contribution in [2.24, 2.45) is 17.8 Å². The molecule has 0 spiro atoms. The van der Waals surface area contributed by atoms with Gasteiger partial charge in [0.1, 0.15) is 5.82 Å². The molecule has 2 unspecified atom stereocenters. The summed E-state index contributed by atoms with van der Waals surface area (Å²) in [4.78, 5) is 26.1. The lowest BCUT2D eigenvalue weighted by Gasteiger charge is -2.55. The van der Waals surface area contributed by atoms with Crippen LogP contribution in [0.4, 0.5) is 11.8 Å². The third-order valence-electron chi connectivity index (χ3n) is 8.88. The number of aliphatic carboxylic acids is 1. The van der Waals surface area contributed by atoms with Crippen LogP contribution in [0, 0.1) is 17.8 Å². The van der Waals surface area contributed by atoms with Crippen LogP contribution in [0.25, 0.3) is 10.2 Å². The molecule has 38 heavy (non-hydrogen) atoms. The van der Waals surface area contributed by atoms with Gasteiger partial charge >= 0.3 is 5.97 Å². The van der Waals surface area contributed by atoms with Gasteiger partial charge in [-0.25, -0.2) is 4.98 Å². The highest BCUT2D eigenvalue weighted by atomic mass is 35.5. The highest BCUT2D eigenvalue weighted by molar-refractivity contribution is 7.17. The molecule has 10 heteroatoms. The van der Waals surface area contributed by atoms with Crippen LogP contribution in [0.3, 0.4) is 0 Å². The number of halogens is 2. The van der Waals surface area contributed by atoms with E-state index in [2.05, 4.69) is 40.4 Å². The van der Waals surface area contributed by atoms with Crippen LogP contribution in [-0.2, 0) is 4.79 Å². The van der Waals surface area contributed by atoms with Gasteiger partial charge in [0, 0.05) is 35.2 Å². The average molecular weight is 575 g/mol. The summed E-state index contributed by atoms with van der Waals surface area (Å²) in [5.41, 5.74) is 1.97. The Kier molecular flexibility index (Phi) is 6.95. The van der Waals surface area contributed by atoms with Crippen molar-refractivity contribution in [3.8, 4) is 0 Å². The van der Waals surface area contributed by atoms with E-state index in [9.17, 15) is 9.90 Å².